The van der Waals surface area contributed by atoms with E-state index in [4.69, 9.17) is 10.5 Å². The Morgan fingerprint density at radius 3 is 2.50 bits per heavy atom. The van der Waals surface area contributed by atoms with Crippen molar-refractivity contribution in [1.82, 2.24) is 9.97 Å². The van der Waals surface area contributed by atoms with Crippen molar-refractivity contribution >= 4 is 11.9 Å². The number of carbonyl (C=O) groups excluding carboxylic acids is 2. The van der Waals surface area contributed by atoms with Gasteiger partial charge in [0.15, 0.2) is 0 Å². The van der Waals surface area contributed by atoms with Crippen molar-refractivity contribution in [1.29, 1.82) is 0 Å². The molecule has 1 unspecified atom stereocenters. The second-order valence-corrected chi connectivity index (χ2v) is 7.67. The lowest BCUT2D eigenvalue weighted by atomic mass is 9.70. The average molecular weight is 403 g/mol. The van der Waals surface area contributed by atoms with Crippen LogP contribution in [0.1, 0.15) is 41.4 Å². The summed E-state index contributed by atoms with van der Waals surface area (Å²) in [6, 6.07) is 14.6. The molecule has 1 aromatic carbocycles. The topological polar surface area (TPSA) is 104 Å². The van der Waals surface area contributed by atoms with Crippen LogP contribution in [-0.2, 0) is 9.53 Å². The van der Waals surface area contributed by atoms with E-state index in [1.165, 1.54) is 7.11 Å². The van der Waals surface area contributed by atoms with Crippen molar-refractivity contribution in [3.8, 4) is 22.9 Å². The Hall–Kier alpha value is -3.74. The van der Waals surface area contributed by atoms with E-state index in [1.807, 2.05) is 50.2 Å². The first-order valence-corrected chi connectivity index (χ1v) is 9.45. The number of amides is 1. The van der Waals surface area contributed by atoms with Gasteiger partial charge in [-0.05, 0) is 24.3 Å². The number of aromatic nitrogens is 2. The third kappa shape index (κ3) is 3.18. The number of fused-ring (bicyclic) bond motifs is 2. The van der Waals surface area contributed by atoms with Gasteiger partial charge in [-0.1, -0.05) is 38.1 Å². The molecule has 1 aliphatic rings. The molecule has 7 heteroatoms. The van der Waals surface area contributed by atoms with Crippen LogP contribution in [0, 0.1) is 5.41 Å². The lowest BCUT2D eigenvalue weighted by Gasteiger charge is -2.36. The quantitative estimate of drug-likeness (QED) is 0.667. The monoisotopic (exact) mass is 403 g/mol. The van der Waals surface area contributed by atoms with Gasteiger partial charge in [0, 0.05) is 28.8 Å². The van der Waals surface area contributed by atoms with Crippen LogP contribution in [0.3, 0.4) is 0 Å². The second kappa shape index (κ2) is 7.26. The molecule has 1 amide bonds. The number of primary amides is 1. The molecular formula is C23H21N3O4. The zero-order valence-corrected chi connectivity index (χ0v) is 16.9. The molecule has 2 aromatic heterocycles. The molecule has 7 nitrogen and oxygen atoms in total. The molecule has 4 rings (SSSR count). The van der Waals surface area contributed by atoms with Crippen molar-refractivity contribution in [2.75, 3.05) is 7.11 Å². The molecule has 0 fully saturated rings. The highest BCUT2D eigenvalue weighted by Crippen LogP contribution is 2.51. The summed E-state index contributed by atoms with van der Waals surface area (Å²) in [6.45, 7) is 3.66. The number of nitrogens with two attached hydrogens (primary N) is 1. The normalized spacial score (nSPS) is 14.8. The zero-order chi connectivity index (χ0) is 21.5. The first-order valence-electron chi connectivity index (χ1n) is 9.45. The minimum Gasteiger partial charge on any atom is -0.464 e. The molecule has 0 bridgehead atoms. The molecule has 1 aliphatic heterocycles. The van der Waals surface area contributed by atoms with E-state index in [9.17, 15) is 9.59 Å². The SMILES string of the molecule is COC(=O)c1ccc(-c2ccc3c(n2)Oc2ccccc2C3C(C)(C)C(N)=O)cn1. The van der Waals surface area contributed by atoms with Crippen molar-refractivity contribution in [3.63, 3.8) is 0 Å². The molecule has 0 saturated carbocycles. The first kappa shape index (κ1) is 19.6. The number of esters is 1. The molecule has 30 heavy (non-hydrogen) atoms. The maximum absolute atomic E-state index is 12.3. The molecule has 0 spiro atoms. The highest BCUT2D eigenvalue weighted by molar-refractivity contribution is 5.87. The molecule has 3 aromatic rings. The minimum atomic E-state index is -0.846. The van der Waals surface area contributed by atoms with Gasteiger partial charge < -0.3 is 15.2 Å². The predicted octanol–water partition coefficient (Wildman–Crippen LogP) is 3.68. The van der Waals surface area contributed by atoms with Gasteiger partial charge in [-0.25, -0.2) is 14.8 Å². The van der Waals surface area contributed by atoms with Gasteiger partial charge in [-0.15, -0.1) is 0 Å². The van der Waals surface area contributed by atoms with Crippen LogP contribution in [0.5, 0.6) is 11.6 Å². The van der Waals surface area contributed by atoms with Gasteiger partial charge in [-0.3, -0.25) is 4.79 Å². The number of nitrogens with zero attached hydrogens (tertiary/aromatic N) is 2. The van der Waals surface area contributed by atoms with Crippen LogP contribution in [0.25, 0.3) is 11.3 Å². The Kier molecular flexibility index (Phi) is 4.73. The third-order valence-corrected chi connectivity index (χ3v) is 5.45. The number of rotatable bonds is 4. The lowest BCUT2D eigenvalue weighted by molar-refractivity contribution is -0.126. The standard InChI is InChI=1S/C23H21N3O4/c1-23(2,22(24)28)19-14-6-4-5-7-18(14)30-20-15(19)9-11-16(26-20)13-8-10-17(25-12-13)21(27)29-3/h4-12,19H,1-3H3,(H2,24,28). The molecule has 0 radical (unpaired) electrons. The summed E-state index contributed by atoms with van der Waals surface area (Å²) in [5, 5.41) is 0. The molecule has 2 N–H and O–H groups in total. The lowest BCUT2D eigenvalue weighted by Crippen LogP contribution is -2.38. The molecular weight excluding hydrogens is 382 g/mol. The van der Waals surface area contributed by atoms with Gasteiger partial charge in [0.2, 0.25) is 11.8 Å². The Bertz CT molecular complexity index is 1140. The Morgan fingerprint density at radius 1 is 1.07 bits per heavy atom. The smallest absolute Gasteiger partial charge is 0.356 e. The highest BCUT2D eigenvalue weighted by atomic mass is 16.5. The van der Waals surface area contributed by atoms with Gasteiger partial charge in [0.05, 0.1) is 18.2 Å². The fourth-order valence-electron chi connectivity index (χ4n) is 3.69. The van der Waals surface area contributed by atoms with E-state index in [0.29, 0.717) is 17.3 Å². The van der Waals surface area contributed by atoms with Crippen LogP contribution in [0.4, 0.5) is 0 Å². The summed E-state index contributed by atoms with van der Waals surface area (Å²) in [5.74, 6) is -0.134. The number of ether oxygens (including phenoxy) is 2. The van der Waals surface area contributed by atoms with E-state index < -0.39 is 17.3 Å². The van der Waals surface area contributed by atoms with Crippen LogP contribution < -0.4 is 10.5 Å². The summed E-state index contributed by atoms with van der Waals surface area (Å²) in [6.07, 6.45) is 1.56. The first-order chi connectivity index (χ1) is 14.3. The van der Waals surface area contributed by atoms with Crippen molar-refractivity contribution in [2.24, 2.45) is 11.1 Å². The third-order valence-electron chi connectivity index (χ3n) is 5.45. The molecule has 0 aliphatic carbocycles. The summed E-state index contributed by atoms with van der Waals surface area (Å²) < 4.78 is 10.7. The number of hydrogen-bond donors (Lipinski definition) is 1. The molecule has 152 valence electrons. The van der Waals surface area contributed by atoms with Crippen LogP contribution in [0.2, 0.25) is 0 Å². The predicted molar refractivity (Wildman–Crippen MR) is 110 cm³/mol. The van der Waals surface area contributed by atoms with E-state index >= 15 is 0 Å². The summed E-state index contributed by atoms with van der Waals surface area (Å²) in [4.78, 5) is 32.7. The van der Waals surface area contributed by atoms with E-state index in [2.05, 4.69) is 14.7 Å². The maximum atomic E-state index is 12.3. The van der Waals surface area contributed by atoms with E-state index in [0.717, 1.165) is 16.7 Å². The van der Waals surface area contributed by atoms with E-state index in [-0.39, 0.29) is 11.6 Å². The van der Waals surface area contributed by atoms with Gasteiger partial charge >= 0.3 is 5.97 Å². The van der Waals surface area contributed by atoms with Crippen LogP contribution in [0.15, 0.2) is 54.7 Å². The van der Waals surface area contributed by atoms with Gasteiger partial charge in [0.25, 0.3) is 0 Å². The van der Waals surface area contributed by atoms with Crippen LogP contribution >= 0.6 is 0 Å². The molecule has 1 atom stereocenters. The molecule has 0 saturated heterocycles. The van der Waals surface area contributed by atoms with Gasteiger partial charge in [0.1, 0.15) is 11.4 Å². The Morgan fingerprint density at radius 2 is 1.83 bits per heavy atom. The average Bonchev–Trinajstić information content (AvgIpc) is 2.76. The number of carbonyl (C=O) groups is 2. The molecule has 3 heterocycles. The summed E-state index contributed by atoms with van der Waals surface area (Å²) >= 11 is 0. The largest absolute Gasteiger partial charge is 0.464 e. The fraction of sp³-hybridized carbons (Fsp3) is 0.217. The highest BCUT2D eigenvalue weighted by Gasteiger charge is 2.42. The van der Waals surface area contributed by atoms with Crippen molar-refractivity contribution < 1.29 is 19.1 Å². The summed E-state index contributed by atoms with van der Waals surface area (Å²) in [7, 11) is 1.31. The maximum Gasteiger partial charge on any atom is 0.356 e. The van der Waals surface area contributed by atoms with Crippen LogP contribution in [-0.4, -0.2) is 29.0 Å². The number of pyridine rings is 2. The fourth-order valence-corrected chi connectivity index (χ4v) is 3.69. The van der Waals surface area contributed by atoms with Crippen molar-refractivity contribution in [2.45, 2.75) is 19.8 Å². The summed E-state index contributed by atoms with van der Waals surface area (Å²) in [5.41, 5.74) is 8.15. The van der Waals surface area contributed by atoms with Crippen molar-refractivity contribution in [3.05, 3.63) is 71.5 Å². The number of hydrogen-bond acceptors (Lipinski definition) is 6. The number of benzene rings is 1. The second-order valence-electron chi connectivity index (χ2n) is 7.67. The number of para-hydroxylation sites is 1. The Labute approximate surface area is 173 Å². The minimum absolute atomic E-state index is 0.215. The zero-order valence-electron chi connectivity index (χ0n) is 16.9. The Balaban J connectivity index is 1.79. The van der Waals surface area contributed by atoms with Gasteiger partial charge in [-0.2, -0.15) is 0 Å². The van der Waals surface area contributed by atoms with E-state index in [1.54, 1.807) is 18.3 Å². The number of methoxy groups -OCH3 is 1.